The molecule has 2 unspecified atom stereocenters. The number of amides is 2. The van der Waals surface area contributed by atoms with Crippen LogP contribution in [0, 0.1) is 12.3 Å². The SMILES string of the molecule is Cc1oc2ccc(C3CC34CCCC4)cc2c1C(=O)[N+](C)(C)C(CO)C(N)=O. The van der Waals surface area contributed by atoms with Gasteiger partial charge in [0.05, 0.1) is 14.1 Å². The molecule has 1 aromatic carbocycles. The number of rotatable bonds is 5. The summed E-state index contributed by atoms with van der Waals surface area (Å²) in [5, 5.41) is 10.4. The molecule has 0 saturated heterocycles. The average Bonchev–Trinajstić information content (AvgIpc) is 2.95. The molecular weight excluding hydrogens is 356 g/mol. The molecule has 2 aliphatic rings. The number of aryl methyl sites for hydroxylation is 1. The van der Waals surface area contributed by atoms with Crippen LogP contribution in [0.4, 0.5) is 0 Å². The fourth-order valence-electron chi connectivity index (χ4n) is 5.21. The number of furan rings is 1. The van der Waals surface area contributed by atoms with Gasteiger partial charge in [-0.25, -0.2) is 9.28 Å². The number of nitrogens with two attached hydrogens (primary N) is 1. The number of quaternary nitrogens is 1. The highest BCUT2D eigenvalue weighted by Crippen LogP contribution is 2.67. The van der Waals surface area contributed by atoms with Gasteiger partial charge in [-0.05, 0) is 55.2 Å². The van der Waals surface area contributed by atoms with Crippen LogP contribution in [0.1, 0.15) is 59.7 Å². The lowest BCUT2D eigenvalue weighted by molar-refractivity contribution is -0.825. The maximum absolute atomic E-state index is 13.4. The lowest BCUT2D eigenvalue weighted by atomic mass is 9.96. The highest BCUT2D eigenvalue weighted by Gasteiger charge is 2.55. The summed E-state index contributed by atoms with van der Waals surface area (Å²) in [6, 6.07) is 5.16. The van der Waals surface area contributed by atoms with Crippen LogP contribution >= 0.6 is 0 Å². The third-order valence-corrected chi connectivity index (χ3v) is 7.10. The zero-order chi connectivity index (χ0) is 20.3. The summed E-state index contributed by atoms with van der Waals surface area (Å²) in [5.74, 6) is 0.109. The van der Waals surface area contributed by atoms with E-state index >= 15 is 0 Å². The number of hydrogen-bond acceptors (Lipinski definition) is 4. The van der Waals surface area contributed by atoms with Crippen LogP contribution in [0.25, 0.3) is 11.0 Å². The van der Waals surface area contributed by atoms with E-state index in [9.17, 15) is 14.7 Å². The van der Waals surface area contributed by atoms with Crippen LogP contribution in [0.3, 0.4) is 0 Å². The number of nitrogens with zero attached hydrogens (tertiary/aromatic N) is 1. The second-order valence-electron chi connectivity index (χ2n) is 9.06. The molecule has 150 valence electrons. The molecule has 2 fully saturated rings. The highest BCUT2D eigenvalue weighted by molar-refractivity contribution is 6.05. The Kier molecular flexibility index (Phi) is 4.39. The van der Waals surface area contributed by atoms with Crippen LogP contribution < -0.4 is 5.73 Å². The molecule has 1 spiro atoms. The van der Waals surface area contributed by atoms with Gasteiger partial charge in [0, 0.05) is 5.39 Å². The number of aliphatic hydroxyl groups is 1. The van der Waals surface area contributed by atoms with E-state index in [1.54, 1.807) is 21.0 Å². The smallest absolute Gasteiger partial charge is 0.350 e. The summed E-state index contributed by atoms with van der Waals surface area (Å²) in [5.41, 5.74) is 8.31. The maximum atomic E-state index is 13.4. The average molecular weight is 385 g/mol. The minimum atomic E-state index is -1.01. The first kappa shape index (κ1) is 19.2. The molecule has 4 rings (SSSR count). The van der Waals surface area contributed by atoms with Gasteiger partial charge in [-0.3, -0.25) is 4.79 Å². The predicted molar refractivity (Wildman–Crippen MR) is 106 cm³/mol. The van der Waals surface area contributed by atoms with Crippen molar-refractivity contribution in [2.24, 2.45) is 11.1 Å². The fourth-order valence-corrected chi connectivity index (χ4v) is 5.21. The van der Waals surface area contributed by atoms with Crippen molar-refractivity contribution < 1.29 is 23.6 Å². The molecule has 2 aromatic rings. The summed E-state index contributed by atoms with van der Waals surface area (Å²) in [6.45, 7) is 1.28. The highest BCUT2D eigenvalue weighted by atomic mass is 16.3. The van der Waals surface area contributed by atoms with Crippen molar-refractivity contribution in [1.82, 2.24) is 0 Å². The topological polar surface area (TPSA) is 93.5 Å². The van der Waals surface area contributed by atoms with Crippen molar-refractivity contribution in [3.8, 4) is 0 Å². The van der Waals surface area contributed by atoms with E-state index in [1.165, 1.54) is 37.7 Å². The number of hydrogen-bond donors (Lipinski definition) is 2. The number of carbonyl (C=O) groups is 2. The molecule has 1 aromatic heterocycles. The zero-order valence-electron chi connectivity index (χ0n) is 16.8. The molecule has 2 atom stereocenters. The Bertz CT molecular complexity index is 953. The van der Waals surface area contributed by atoms with E-state index in [2.05, 4.69) is 12.1 Å². The molecule has 0 radical (unpaired) electrons. The van der Waals surface area contributed by atoms with Gasteiger partial charge in [0.15, 0.2) is 6.04 Å². The molecule has 2 amide bonds. The van der Waals surface area contributed by atoms with Crippen LogP contribution in [0.15, 0.2) is 22.6 Å². The molecule has 0 aliphatic heterocycles. The Morgan fingerprint density at radius 2 is 2.00 bits per heavy atom. The lowest BCUT2D eigenvalue weighted by Gasteiger charge is -2.32. The number of carbonyl (C=O) groups excluding carboxylic acids is 2. The molecule has 28 heavy (non-hydrogen) atoms. The first-order valence-electron chi connectivity index (χ1n) is 10.0. The van der Waals surface area contributed by atoms with Crippen molar-refractivity contribution in [2.75, 3.05) is 20.7 Å². The van der Waals surface area contributed by atoms with E-state index < -0.39 is 18.6 Å². The van der Waals surface area contributed by atoms with Gasteiger partial charge < -0.3 is 15.3 Å². The van der Waals surface area contributed by atoms with Gasteiger partial charge >= 0.3 is 5.91 Å². The summed E-state index contributed by atoms with van der Waals surface area (Å²) in [7, 11) is 3.20. The van der Waals surface area contributed by atoms with Gasteiger partial charge in [-0.2, -0.15) is 0 Å². The molecule has 0 bridgehead atoms. The Labute approximate surface area is 164 Å². The molecule has 6 nitrogen and oxygen atoms in total. The van der Waals surface area contributed by atoms with Crippen LogP contribution in [0.2, 0.25) is 0 Å². The molecule has 2 aliphatic carbocycles. The lowest BCUT2D eigenvalue weighted by Crippen LogP contribution is -2.60. The number of fused-ring (bicyclic) bond motifs is 1. The number of aliphatic hydroxyl groups excluding tert-OH is 1. The predicted octanol–water partition coefficient (Wildman–Crippen LogP) is 2.85. The first-order chi connectivity index (χ1) is 13.2. The van der Waals surface area contributed by atoms with Crippen molar-refractivity contribution in [3.05, 3.63) is 35.1 Å². The Morgan fingerprint density at radius 3 is 2.61 bits per heavy atom. The summed E-state index contributed by atoms with van der Waals surface area (Å²) >= 11 is 0. The van der Waals surface area contributed by atoms with Gasteiger partial charge in [-0.15, -0.1) is 0 Å². The quantitative estimate of drug-likeness (QED) is 0.774. The standard InChI is InChI=1S/C22H28N2O4/c1-13-19(21(27)24(2,3)17(12-25)20(23)26)15-10-14(6-7-18(15)28-13)16-11-22(16)8-4-5-9-22/h6-7,10,16-17,25H,4-5,8-9,11-12H2,1-3H3,(H-,23,26)/p+1. The zero-order valence-corrected chi connectivity index (χ0v) is 16.8. The second kappa shape index (κ2) is 6.42. The third-order valence-electron chi connectivity index (χ3n) is 7.10. The summed E-state index contributed by atoms with van der Waals surface area (Å²) in [4.78, 5) is 25.2. The Balaban J connectivity index is 1.74. The normalized spacial score (nSPS) is 21.9. The fraction of sp³-hybridized carbons (Fsp3) is 0.545. The second-order valence-corrected chi connectivity index (χ2v) is 9.06. The van der Waals surface area contributed by atoms with E-state index in [0.717, 1.165) is 5.39 Å². The van der Waals surface area contributed by atoms with Gasteiger partial charge in [0.1, 0.15) is 23.5 Å². The van der Waals surface area contributed by atoms with Crippen molar-refractivity contribution >= 4 is 22.8 Å². The van der Waals surface area contributed by atoms with Gasteiger partial charge in [-0.1, -0.05) is 18.9 Å². The third kappa shape index (κ3) is 2.78. The Morgan fingerprint density at radius 1 is 1.32 bits per heavy atom. The largest absolute Gasteiger partial charge is 0.460 e. The molecule has 1 heterocycles. The molecule has 6 heteroatoms. The van der Waals surface area contributed by atoms with Crippen LogP contribution in [-0.2, 0) is 4.79 Å². The van der Waals surface area contributed by atoms with Crippen molar-refractivity contribution in [3.63, 3.8) is 0 Å². The number of primary amides is 1. The van der Waals surface area contributed by atoms with E-state index in [-0.39, 0.29) is 10.4 Å². The first-order valence-corrected chi connectivity index (χ1v) is 10.0. The summed E-state index contributed by atoms with van der Waals surface area (Å²) in [6.07, 6.45) is 6.46. The van der Waals surface area contributed by atoms with Crippen LogP contribution in [0.5, 0.6) is 0 Å². The van der Waals surface area contributed by atoms with E-state index in [1.807, 2.05) is 6.07 Å². The monoisotopic (exact) mass is 385 g/mol. The maximum Gasteiger partial charge on any atom is 0.350 e. The number of likely N-dealkylation sites (N-methyl/N-ethyl adjacent to an activating group) is 1. The van der Waals surface area contributed by atoms with Crippen LogP contribution in [-0.4, -0.2) is 48.1 Å². The van der Waals surface area contributed by atoms with Gasteiger partial charge in [0.25, 0.3) is 5.91 Å². The summed E-state index contributed by atoms with van der Waals surface area (Å²) < 4.78 is 5.50. The molecular formula is C22H29N2O4+. The van der Waals surface area contributed by atoms with Crippen molar-refractivity contribution in [2.45, 2.75) is 51.0 Å². The minimum Gasteiger partial charge on any atom is -0.460 e. The molecule has 3 N–H and O–H groups in total. The van der Waals surface area contributed by atoms with Crippen molar-refractivity contribution in [1.29, 1.82) is 0 Å². The number of benzene rings is 1. The Hall–Kier alpha value is -2.18. The van der Waals surface area contributed by atoms with Gasteiger partial charge in [0.2, 0.25) is 0 Å². The van der Waals surface area contributed by atoms with E-state index in [0.29, 0.717) is 28.2 Å². The minimum absolute atomic E-state index is 0.280. The molecule has 2 saturated carbocycles. The van der Waals surface area contributed by atoms with E-state index in [4.69, 9.17) is 10.2 Å².